The van der Waals surface area contributed by atoms with Gasteiger partial charge in [0.25, 0.3) is 0 Å². The van der Waals surface area contributed by atoms with E-state index in [-0.39, 0.29) is 0 Å². The van der Waals surface area contributed by atoms with Crippen molar-refractivity contribution >= 4 is 25.3 Å². The molecule has 2 N–H and O–H groups in total. The van der Waals surface area contributed by atoms with E-state index in [2.05, 4.69) is 19.1 Å². The van der Waals surface area contributed by atoms with Crippen molar-refractivity contribution < 1.29 is 4.74 Å². The lowest BCUT2D eigenvalue weighted by molar-refractivity contribution is 0.340. The molecule has 0 aliphatic carbocycles. The monoisotopic (exact) mass is 357 g/mol. The van der Waals surface area contributed by atoms with Crippen molar-refractivity contribution in [3.05, 3.63) is 77.3 Å². The van der Waals surface area contributed by atoms with Gasteiger partial charge in [0.2, 0.25) is 7.98 Å². The summed E-state index contributed by atoms with van der Waals surface area (Å²) in [7, 11) is 6.04. The Morgan fingerprint density at radius 2 is 2.00 bits per heavy atom. The average Bonchev–Trinajstić information content (AvgIpc) is 3.25. The number of rotatable bonds is 7. The molecule has 0 unspecified atom stereocenters. The Kier molecular flexibility index (Phi) is 6.14. The number of hydrogen-bond acceptors (Lipinski definition) is 3. The number of allylic oxidation sites excluding steroid dienone is 3. The zero-order valence-corrected chi connectivity index (χ0v) is 15.9. The van der Waals surface area contributed by atoms with Crippen LogP contribution < -0.4 is 10.5 Å². The molecule has 5 heteroatoms. The van der Waals surface area contributed by atoms with Gasteiger partial charge in [0, 0.05) is 11.3 Å². The third-order valence-corrected chi connectivity index (χ3v) is 4.38. The van der Waals surface area contributed by atoms with E-state index in [9.17, 15) is 0 Å². The van der Waals surface area contributed by atoms with E-state index in [0.717, 1.165) is 46.0 Å². The number of hydrogen-bond donors (Lipinski definition) is 1. The Bertz CT molecular complexity index is 917. The maximum absolute atomic E-state index is 6.04. The van der Waals surface area contributed by atoms with Crippen LogP contribution in [0.2, 0.25) is 0 Å². The first-order chi connectivity index (χ1) is 13.1. The third kappa shape index (κ3) is 4.49. The number of ether oxygens (including phenoxy) is 1. The Morgan fingerprint density at radius 1 is 1.22 bits per heavy atom. The molecule has 2 heterocycles. The highest BCUT2D eigenvalue weighted by Crippen LogP contribution is 2.31. The Morgan fingerprint density at radius 3 is 2.63 bits per heavy atom. The minimum absolute atomic E-state index is 0.546. The van der Waals surface area contributed by atoms with Crippen molar-refractivity contribution in [2.24, 2.45) is 10.7 Å². The summed E-state index contributed by atoms with van der Waals surface area (Å²) in [5.41, 5.74) is 11.9. The van der Waals surface area contributed by atoms with Crippen LogP contribution >= 0.6 is 0 Å². The van der Waals surface area contributed by atoms with E-state index >= 15 is 0 Å². The van der Waals surface area contributed by atoms with Crippen LogP contribution in [0.5, 0.6) is 5.75 Å². The van der Waals surface area contributed by atoms with E-state index in [1.807, 2.05) is 55.6 Å². The summed E-state index contributed by atoms with van der Waals surface area (Å²) in [5, 5.41) is 0. The summed E-state index contributed by atoms with van der Waals surface area (Å²) >= 11 is 0. The fourth-order valence-electron chi connectivity index (χ4n) is 3.12. The van der Waals surface area contributed by atoms with Gasteiger partial charge in [0.05, 0.1) is 18.0 Å². The van der Waals surface area contributed by atoms with Gasteiger partial charge in [0.1, 0.15) is 5.75 Å². The fourth-order valence-corrected chi connectivity index (χ4v) is 3.12. The summed E-state index contributed by atoms with van der Waals surface area (Å²) in [6.07, 6.45) is 8.71. The maximum atomic E-state index is 6.04. The highest BCUT2D eigenvalue weighted by molar-refractivity contribution is 6.11. The second-order valence-electron chi connectivity index (χ2n) is 6.37. The zero-order valence-electron chi connectivity index (χ0n) is 15.9. The van der Waals surface area contributed by atoms with Gasteiger partial charge in [-0.2, -0.15) is 0 Å². The number of aromatic nitrogens is 1. The number of nitrogens with zero attached hydrogens (tertiary/aromatic N) is 2. The van der Waals surface area contributed by atoms with Gasteiger partial charge in [-0.05, 0) is 80.6 Å². The van der Waals surface area contributed by atoms with Crippen molar-refractivity contribution in [1.82, 2.24) is 4.48 Å². The van der Waals surface area contributed by atoms with Crippen molar-refractivity contribution in [2.75, 3.05) is 13.2 Å². The standard InChI is InChI=1S/C22H24BN3O/c1-3-27-19-10-7-17(8-11-19)6-9-18-15-16(2)22(25-18)20(12-13-24)21-5-4-14-26(21)23/h4-11,14-15H,3,12-13,24H2,1-2H3/b9-6+,22-20-. The van der Waals surface area contributed by atoms with Crippen LogP contribution in [0.25, 0.3) is 11.6 Å². The van der Waals surface area contributed by atoms with Gasteiger partial charge in [-0.1, -0.05) is 18.2 Å². The molecule has 0 bridgehead atoms. The van der Waals surface area contributed by atoms with Crippen molar-refractivity contribution in [2.45, 2.75) is 20.3 Å². The van der Waals surface area contributed by atoms with Crippen molar-refractivity contribution in [3.8, 4) is 5.75 Å². The van der Waals surface area contributed by atoms with E-state index < -0.39 is 0 Å². The molecule has 1 aromatic heterocycles. The lowest BCUT2D eigenvalue weighted by atomic mass is 10.0. The molecule has 136 valence electrons. The van der Waals surface area contributed by atoms with Gasteiger partial charge in [-0.3, -0.25) is 0 Å². The lowest BCUT2D eigenvalue weighted by Crippen LogP contribution is -2.05. The van der Waals surface area contributed by atoms with Gasteiger partial charge in [-0.25, -0.2) is 4.99 Å². The Balaban J connectivity index is 1.86. The molecule has 0 amide bonds. The van der Waals surface area contributed by atoms with E-state index in [1.165, 1.54) is 0 Å². The highest BCUT2D eigenvalue weighted by Gasteiger charge is 2.16. The van der Waals surface area contributed by atoms with Gasteiger partial charge < -0.3 is 14.9 Å². The molecule has 0 fully saturated rings. The topological polar surface area (TPSA) is 52.5 Å². The van der Waals surface area contributed by atoms with Crippen LogP contribution in [0.3, 0.4) is 0 Å². The second-order valence-corrected chi connectivity index (χ2v) is 6.37. The molecule has 1 aliphatic heterocycles. The predicted molar refractivity (Wildman–Crippen MR) is 114 cm³/mol. The summed E-state index contributed by atoms with van der Waals surface area (Å²) < 4.78 is 7.10. The Labute approximate surface area is 162 Å². The summed E-state index contributed by atoms with van der Waals surface area (Å²) in [6.45, 7) is 5.26. The van der Waals surface area contributed by atoms with Crippen LogP contribution in [0, 0.1) is 0 Å². The van der Waals surface area contributed by atoms with Crippen molar-refractivity contribution in [1.29, 1.82) is 0 Å². The van der Waals surface area contributed by atoms with Crippen LogP contribution in [0.4, 0.5) is 0 Å². The average molecular weight is 357 g/mol. The van der Waals surface area contributed by atoms with Crippen LogP contribution in [0.1, 0.15) is 31.5 Å². The van der Waals surface area contributed by atoms with E-state index in [4.69, 9.17) is 23.4 Å². The normalized spacial score (nSPS) is 15.8. The van der Waals surface area contributed by atoms with Gasteiger partial charge in [0.15, 0.2) is 0 Å². The summed E-state index contributed by atoms with van der Waals surface area (Å²) in [5.74, 6) is 0.880. The summed E-state index contributed by atoms with van der Waals surface area (Å²) in [4.78, 5) is 4.81. The maximum Gasteiger partial charge on any atom is 0.234 e. The molecule has 0 spiro atoms. The highest BCUT2D eigenvalue weighted by atomic mass is 16.5. The predicted octanol–water partition coefficient (Wildman–Crippen LogP) is 3.99. The van der Waals surface area contributed by atoms with Crippen LogP contribution in [-0.4, -0.2) is 31.3 Å². The van der Waals surface area contributed by atoms with E-state index in [1.54, 1.807) is 4.48 Å². The van der Waals surface area contributed by atoms with Crippen molar-refractivity contribution in [3.63, 3.8) is 0 Å². The van der Waals surface area contributed by atoms with Crippen LogP contribution in [0.15, 0.2) is 71.0 Å². The number of benzene rings is 1. The quantitative estimate of drug-likeness (QED) is 0.762. The molecule has 27 heavy (non-hydrogen) atoms. The largest absolute Gasteiger partial charge is 0.494 e. The van der Waals surface area contributed by atoms with Gasteiger partial charge in [-0.15, -0.1) is 0 Å². The third-order valence-electron chi connectivity index (χ3n) is 4.38. The van der Waals surface area contributed by atoms with E-state index in [0.29, 0.717) is 13.2 Å². The molecule has 1 aliphatic rings. The zero-order chi connectivity index (χ0) is 19.2. The SMILES string of the molecule is [B]n1cccc1/C(CCN)=C1N=C(/C=C/c2ccc(OCC)cc2)C=C\1C. The van der Waals surface area contributed by atoms with Gasteiger partial charge >= 0.3 is 0 Å². The minimum Gasteiger partial charge on any atom is -0.494 e. The smallest absolute Gasteiger partial charge is 0.234 e. The second kappa shape index (κ2) is 8.74. The first kappa shape index (κ1) is 19.0. The molecule has 0 atom stereocenters. The minimum atomic E-state index is 0.546. The summed E-state index contributed by atoms with van der Waals surface area (Å²) in [6, 6.07) is 11.9. The molecule has 2 aromatic rings. The number of nitrogens with two attached hydrogens (primary N) is 1. The lowest BCUT2D eigenvalue weighted by Gasteiger charge is -2.11. The molecule has 0 saturated heterocycles. The molecule has 4 nitrogen and oxygen atoms in total. The Hall–Kier alpha value is -2.79. The fraction of sp³-hybridized carbons (Fsp3) is 0.227. The molecular weight excluding hydrogens is 333 g/mol. The molecule has 1 aromatic carbocycles. The molecule has 2 radical (unpaired) electrons. The molecular formula is C22H24BN3O. The van der Waals surface area contributed by atoms with Crippen LogP contribution in [-0.2, 0) is 0 Å². The molecule has 3 rings (SSSR count). The first-order valence-electron chi connectivity index (χ1n) is 9.16. The molecule has 0 saturated carbocycles. The number of aliphatic imine (C=N–C) groups is 1. The first-order valence-corrected chi connectivity index (χ1v) is 9.16.